The fraction of sp³-hybridized carbons (Fsp3) is 0.409. The number of aromatic carboxylic acids is 1. The Morgan fingerprint density at radius 2 is 1.52 bits per heavy atom. The predicted molar refractivity (Wildman–Crippen MR) is 110 cm³/mol. The highest BCUT2D eigenvalue weighted by Gasteiger charge is 2.08. The number of carboxylic acid groups (broad SMARTS) is 1. The lowest BCUT2D eigenvalue weighted by molar-refractivity contribution is 0.0697. The molecule has 0 saturated heterocycles. The molecule has 0 spiro atoms. The van der Waals surface area contributed by atoms with Crippen molar-refractivity contribution in [1.82, 2.24) is 0 Å². The van der Waals surface area contributed by atoms with Crippen LogP contribution in [0.4, 0.5) is 4.39 Å². The van der Waals surface area contributed by atoms with Crippen LogP contribution in [0.25, 0.3) is 11.1 Å². The van der Waals surface area contributed by atoms with Gasteiger partial charge in [0, 0.05) is 0 Å². The Balaban J connectivity index is 0.00000364. The summed E-state index contributed by atoms with van der Waals surface area (Å²) in [5.41, 5.74) is 1.68. The fourth-order valence-corrected chi connectivity index (χ4v) is 2.84. The molecular weight excluding hydrogens is 367 g/mol. The summed E-state index contributed by atoms with van der Waals surface area (Å²) < 4.78 is 19.8. The first-order chi connectivity index (χ1) is 12.6. The number of benzene rings is 2. The summed E-state index contributed by atoms with van der Waals surface area (Å²) in [6.45, 7) is 2.73. The summed E-state index contributed by atoms with van der Waals surface area (Å²) in [6.07, 6.45) is 8.36. The average molecular weight is 395 g/mol. The highest BCUT2D eigenvalue weighted by Crippen LogP contribution is 2.26. The normalized spacial score (nSPS) is 10.3. The molecular formula is C22H28ClFO3. The Morgan fingerprint density at radius 3 is 2.11 bits per heavy atom. The molecule has 0 aliphatic heterocycles. The molecule has 0 aliphatic rings. The molecule has 0 amide bonds. The molecule has 0 aliphatic carbocycles. The van der Waals surface area contributed by atoms with E-state index in [1.54, 1.807) is 24.3 Å². The Bertz CT molecular complexity index is 701. The zero-order chi connectivity index (χ0) is 18.8. The molecule has 0 heterocycles. The molecule has 1 N–H and O–H groups in total. The number of halogens is 2. The van der Waals surface area contributed by atoms with Crippen molar-refractivity contribution in [3.05, 3.63) is 53.8 Å². The predicted octanol–water partition coefficient (Wildman–Crippen LogP) is 6.74. The standard InChI is InChI=1S/C22H27FO3.ClH/c1-2-3-4-5-6-7-8-15-26-21-14-13-19(16-20(21)23)17-9-11-18(12-10-17)22(24)25;/h9-14,16H,2-8,15H2,1H3,(H,24,25);1H. The van der Waals surface area contributed by atoms with Crippen LogP contribution in [0.15, 0.2) is 42.5 Å². The second-order valence-electron chi connectivity index (χ2n) is 6.50. The minimum absolute atomic E-state index is 0. The van der Waals surface area contributed by atoms with E-state index in [4.69, 9.17) is 9.84 Å². The van der Waals surface area contributed by atoms with Crippen LogP contribution in [-0.2, 0) is 0 Å². The summed E-state index contributed by atoms with van der Waals surface area (Å²) in [6, 6.07) is 11.2. The Hall–Kier alpha value is -2.07. The molecule has 2 rings (SSSR count). The van der Waals surface area contributed by atoms with E-state index in [1.165, 1.54) is 50.3 Å². The van der Waals surface area contributed by atoms with E-state index in [9.17, 15) is 9.18 Å². The lowest BCUT2D eigenvalue weighted by Gasteiger charge is -2.09. The fourth-order valence-electron chi connectivity index (χ4n) is 2.84. The number of carboxylic acids is 1. The van der Waals surface area contributed by atoms with Crippen molar-refractivity contribution in [2.75, 3.05) is 6.61 Å². The van der Waals surface area contributed by atoms with Gasteiger partial charge in [-0.2, -0.15) is 0 Å². The van der Waals surface area contributed by atoms with Crippen molar-refractivity contribution in [3.8, 4) is 16.9 Å². The van der Waals surface area contributed by atoms with E-state index in [0.29, 0.717) is 12.2 Å². The minimum atomic E-state index is -0.975. The van der Waals surface area contributed by atoms with E-state index >= 15 is 0 Å². The molecule has 0 radical (unpaired) electrons. The van der Waals surface area contributed by atoms with E-state index in [0.717, 1.165) is 18.4 Å². The van der Waals surface area contributed by atoms with Gasteiger partial charge in [-0.25, -0.2) is 9.18 Å². The number of hydrogen-bond donors (Lipinski definition) is 1. The highest BCUT2D eigenvalue weighted by molar-refractivity contribution is 5.88. The van der Waals surface area contributed by atoms with Gasteiger partial charge in [0.05, 0.1) is 12.2 Å². The van der Waals surface area contributed by atoms with E-state index in [2.05, 4.69) is 6.92 Å². The largest absolute Gasteiger partial charge is 0.491 e. The zero-order valence-electron chi connectivity index (χ0n) is 15.7. The van der Waals surface area contributed by atoms with Crippen LogP contribution in [0.3, 0.4) is 0 Å². The van der Waals surface area contributed by atoms with Crippen molar-refractivity contribution in [2.45, 2.75) is 51.9 Å². The van der Waals surface area contributed by atoms with Crippen LogP contribution in [-0.4, -0.2) is 17.7 Å². The smallest absolute Gasteiger partial charge is 0.335 e. The maximum absolute atomic E-state index is 14.2. The van der Waals surface area contributed by atoms with Gasteiger partial charge in [0.25, 0.3) is 0 Å². The van der Waals surface area contributed by atoms with Crippen LogP contribution < -0.4 is 4.74 Å². The quantitative estimate of drug-likeness (QED) is 0.429. The van der Waals surface area contributed by atoms with Crippen LogP contribution >= 0.6 is 12.4 Å². The molecule has 0 unspecified atom stereocenters. The minimum Gasteiger partial charge on any atom is -0.491 e. The number of hydrogen-bond acceptors (Lipinski definition) is 2. The van der Waals surface area contributed by atoms with Gasteiger partial charge in [0.15, 0.2) is 11.6 Å². The topological polar surface area (TPSA) is 46.5 Å². The first-order valence-electron chi connectivity index (χ1n) is 9.38. The van der Waals surface area contributed by atoms with Crippen molar-refractivity contribution in [2.24, 2.45) is 0 Å². The monoisotopic (exact) mass is 394 g/mol. The van der Waals surface area contributed by atoms with Crippen molar-refractivity contribution in [3.63, 3.8) is 0 Å². The average Bonchev–Trinajstić information content (AvgIpc) is 2.65. The van der Waals surface area contributed by atoms with E-state index < -0.39 is 11.8 Å². The molecule has 27 heavy (non-hydrogen) atoms. The molecule has 3 nitrogen and oxygen atoms in total. The Kier molecular flexibility index (Phi) is 10.5. The molecule has 0 saturated carbocycles. The third-order valence-electron chi connectivity index (χ3n) is 4.40. The summed E-state index contributed by atoms with van der Waals surface area (Å²) in [5.74, 6) is -1.11. The molecule has 2 aromatic rings. The Morgan fingerprint density at radius 1 is 0.926 bits per heavy atom. The third kappa shape index (κ3) is 7.59. The first kappa shape index (κ1) is 23.0. The van der Waals surface area contributed by atoms with Crippen LogP contribution in [0.1, 0.15) is 62.2 Å². The number of ether oxygens (including phenoxy) is 1. The maximum Gasteiger partial charge on any atom is 0.335 e. The van der Waals surface area contributed by atoms with Gasteiger partial charge < -0.3 is 9.84 Å². The third-order valence-corrected chi connectivity index (χ3v) is 4.40. The lowest BCUT2D eigenvalue weighted by atomic mass is 10.0. The molecule has 2 aromatic carbocycles. The summed E-state index contributed by atoms with van der Waals surface area (Å²) in [7, 11) is 0. The molecule has 0 aromatic heterocycles. The number of rotatable bonds is 11. The first-order valence-corrected chi connectivity index (χ1v) is 9.38. The highest BCUT2D eigenvalue weighted by atomic mass is 35.5. The maximum atomic E-state index is 14.2. The van der Waals surface area contributed by atoms with Gasteiger partial charge >= 0.3 is 5.97 Å². The van der Waals surface area contributed by atoms with Gasteiger partial charge in [-0.05, 0) is 41.8 Å². The zero-order valence-corrected chi connectivity index (χ0v) is 16.6. The second-order valence-corrected chi connectivity index (χ2v) is 6.50. The van der Waals surface area contributed by atoms with E-state index in [-0.39, 0.29) is 23.7 Å². The lowest BCUT2D eigenvalue weighted by Crippen LogP contribution is -1.99. The van der Waals surface area contributed by atoms with Gasteiger partial charge in [-0.15, -0.1) is 12.4 Å². The van der Waals surface area contributed by atoms with Gasteiger partial charge in [-0.3, -0.25) is 0 Å². The van der Waals surface area contributed by atoms with E-state index in [1.807, 2.05) is 0 Å². The SMILES string of the molecule is CCCCCCCCCOc1ccc(-c2ccc(C(=O)O)cc2)cc1F.Cl. The Labute approximate surface area is 167 Å². The van der Waals surface area contributed by atoms with Crippen LogP contribution in [0.2, 0.25) is 0 Å². The molecule has 5 heteroatoms. The van der Waals surface area contributed by atoms with Gasteiger partial charge in [0.1, 0.15) is 0 Å². The van der Waals surface area contributed by atoms with Gasteiger partial charge in [-0.1, -0.05) is 63.6 Å². The molecule has 0 atom stereocenters. The molecule has 0 bridgehead atoms. The van der Waals surface area contributed by atoms with Crippen molar-refractivity contribution < 1.29 is 19.0 Å². The summed E-state index contributed by atoms with van der Waals surface area (Å²) >= 11 is 0. The van der Waals surface area contributed by atoms with Crippen LogP contribution in [0, 0.1) is 5.82 Å². The number of unbranched alkanes of at least 4 members (excludes halogenated alkanes) is 6. The number of carbonyl (C=O) groups is 1. The van der Waals surface area contributed by atoms with Gasteiger partial charge in [0.2, 0.25) is 0 Å². The van der Waals surface area contributed by atoms with Crippen molar-refractivity contribution in [1.29, 1.82) is 0 Å². The molecule has 0 fully saturated rings. The molecule has 148 valence electrons. The second kappa shape index (κ2) is 12.3. The summed E-state index contributed by atoms with van der Waals surface area (Å²) in [5, 5.41) is 8.92. The summed E-state index contributed by atoms with van der Waals surface area (Å²) in [4.78, 5) is 10.9. The van der Waals surface area contributed by atoms with Crippen molar-refractivity contribution >= 4 is 18.4 Å². The van der Waals surface area contributed by atoms with Crippen LogP contribution in [0.5, 0.6) is 5.75 Å².